The smallest absolute Gasteiger partial charge is 0.281 e. The van der Waals surface area contributed by atoms with Crippen LogP contribution in [0.5, 0.6) is 0 Å². The van der Waals surface area contributed by atoms with Gasteiger partial charge in [0.05, 0.1) is 16.3 Å². The number of thiazole rings is 1. The van der Waals surface area contributed by atoms with Crippen LogP contribution < -0.4 is 15.6 Å². The third-order valence-electron chi connectivity index (χ3n) is 5.00. The summed E-state index contributed by atoms with van der Waals surface area (Å²) in [6.45, 7) is 5.88. The quantitative estimate of drug-likeness (QED) is 0.468. The number of hydrogen-bond donors (Lipinski definition) is 3. The van der Waals surface area contributed by atoms with Crippen molar-refractivity contribution in [2.75, 3.05) is 5.43 Å². The number of sulfonamides is 1. The Labute approximate surface area is 185 Å². The van der Waals surface area contributed by atoms with E-state index in [0.717, 1.165) is 29.0 Å². The number of aromatic nitrogens is 1. The first-order valence-electron chi connectivity index (χ1n) is 9.97. The second-order valence-corrected chi connectivity index (χ2v) is 10.5. The van der Waals surface area contributed by atoms with Gasteiger partial charge in [-0.05, 0) is 63.4 Å². The van der Waals surface area contributed by atoms with Crippen molar-refractivity contribution in [3.8, 4) is 10.6 Å². The number of nitrogens with zero attached hydrogens (tertiary/aromatic N) is 1. The number of nitrogens with one attached hydrogen (secondary N) is 3. The van der Waals surface area contributed by atoms with Crippen molar-refractivity contribution in [2.24, 2.45) is 0 Å². The number of hydrazine groups is 1. The van der Waals surface area contributed by atoms with Gasteiger partial charge in [-0.2, -0.15) is 0 Å². The Balaban J connectivity index is 1.42. The fourth-order valence-electron chi connectivity index (χ4n) is 3.17. The molecule has 162 valence electrons. The predicted octanol–water partition coefficient (Wildman–Crippen LogP) is 3.93. The van der Waals surface area contributed by atoms with E-state index in [4.69, 9.17) is 0 Å². The van der Waals surface area contributed by atoms with Crippen LogP contribution in [0, 0.1) is 20.8 Å². The maximum Gasteiger partial charge on any atom is 0.281 e. The largest absolute Gasteiger partial charge is 0.298 e. The van der Waals surface area contributed by atoms with Crippen molar-refractivity contribution in [1.29, 1.82) is 0 Å². The average Bonchev–Trinajstić information content (AvgIpc) is 3.44. The van der Waals surface area contributed by atoms with Gasteiger partial charge in [-0.25, -0.2) is 18.1 Å². The Morgan fingerprint density at radius 1 is 1.06 bits per heavy atom. The minimum Gasteiger partial charge on any atom is -0.298 e. The SMILES string of the molecule is Cc1ccc(-c2nc(C)c(C(=O)NNc3ccc(S(=O)(=O)NC4CC4)cc3)s2)c(C)c1. The van der Waals surface area contributed by atoms with Crippen LogP contribution in [-0.4, -0.2) is 25.4 Å². The Kier molecular flexibility index (Phi) is 5.83. The highest BCUT2D eigenvalue weighted by atomic mass is 32.2. The van der Waals surface area contributed by atoms with Gasteiger partial charge in [0.2, 0.25) is 10.0 Å². The maximum atomic E-state index is 12.7. The molecular formula is C22H24N4O3S2. The van der Waals surface area contributed by atoms with E-state index in [1.165, 1.54) is 29.0 Å². The molecule has 1 amide bonds. The molecule has 1 aromatic heterocycles. The summed E-state index contributed by atoms with van der Waals surface area (Å²) >= 11 is 1.34. The zero-order valence-electron chi connectivity index (χ0n) is 17.5. The lowest BCUT2D eigenvalue weighted by molar-refractivity contribution is 0.0966. The molecule has 0 atom stereocenters. The molecule has 31 heavy (non-hydrogen) atoms. The van der Waals surface area contributed by atoms with Gasteiger partial charge in [0, 0.05) is 11.6 Å². The predicted molar refractivity (Wildman–Crippen MR) is 123 cm³/mol. The molecule has 1 aliphatic rings. The summed E-state index contributed by atoms with van der Waals surface area (Å²) in [5.74, 6) is -0.293. The Morgan fingerprint density at radius 2 is 1.77 bits per heavy atom. The molecule has 0 aliphatic heterocycles. The molecular weight excluding hydrogens is 432 g/mol. The minimum absolute atomic E-state index is 0.0540. The summed E-state index contributed by atoms with van der Waals surface area (Å²) in [5, 5.41) is 0.804. The summed E-state index contributed by atoms with van der Waals surface area (Å²) in [5.41, 5.74) is 10.0. The maximum absolute atomic E-state index is 12.7. The van der Waals surface area contributed by atoms with E-state index in [-0.39, 0.29) is 16.8 Å². The van der Waals surface area contributed by atoms with Gasteiger partial charge in [-0.1, -0.05) is 23.8 Å². The molecule has 0 saturated heterocycles. The zero-order chi connectivity index (χ0) is 22.2. The molecule has 1 saturated carbocycles. The second-order valence-electron chi connectivity index (χ2n) is 7.75. The van der Waals surface area contributed by atoms with Crippen molar-refractivity contribution in [3.05, 3.63) is 64.2 Å². The molecule has 4 rings (SSSR count). The third-order valence-corrected chi connectivity index (χ3v) is 7.73. The van der Waals surface area contributed by atoms with Crippen LogP contribution in [0.15, 0.2) is 47.4 Å². The van der Waals surface area contributed by atoms with Crippen molar-refractivity contribution in [3.63, 3.8) is 0 Å². The Bertz CT molecular complexity index is 1230. The van der Waals surface area contributed by atoms with E-state index in [0.29, 0.717) is 16.3 Å². The first kappa shape index (κ1) is 21.5. The Hall–Kier alpha value is -2.75. The van der Waals surface area contributed by atoms with Crippen LogP contribution >= 0.6 is 11.3 Å². The van der Waals surface area contributed by atoms with Crippen LogP contribution in [0.4, 0.5) is 5.69 Å². The standard InChI is InChI=1S/C22H24N4O3S2/c1-13-4-11-19(14(2)12-13)22-23-15(3)20(30-22)21(27)25-24-16-7-9-18(10-8-16)31(28,29)26-17-5-6-17/h4,7-12,17,24,26H,5-6H2,1-3H3,(H,25,27). The van der Waals surface area contributed by atoms with Crippen LogP contribution in [0.1, 0.15) is 39.3 Å². The molecule has 9 heteroatoms. The van der Waals surface area contributed by atoms with E-state index < -0.39 is 10.0 Å². The number of aryl methyl sites for hydroxylation is 3. The average molecular weight is 457 g/mol. The van der Waals surface area contributed by atoms with Crippen LogP contribution in [0.2, 0.25) is 0 Å². The molecule has 3 aromatic rings. The van der Waals surface area contributed by atoms with E-state index in [1.807, 2.05) is 32.9 Å². The summed E-state index contributed by atoms with van der Waals surface area (Å²) in [6, 6.07) is 12.5. The zero-order valence-corrected chi connectivity index (χ0v) is 19.2. The molecule has 3 N–H and O–H groups in total. The van der Waals surface area contributed by atoms with E-state index >= 15 is 0 Å². The molecule has 1 aliphatic carbocycles. The van der Waals surface area contributed by atoms with Crippen molar-refractivity contribution < 1.29 is 13.2 Å². The molecule has 0 bridgehead atoms. The van der Waals surface area contributed by atoms with E-state index in [2.05, 4.69) is 26.6 Å². The number of rotatable bonds is 7. The lowest BCUT2D eigenvalue weighted by Crippen LogP contribution is -2.29. The van der Waals surface area contributed by atoms with Gasteiger partial charge in [-0.15, -0.1) is 11.3 Å². The Morgan fingerprint density at radius 3 is 2.42 bits per heavy atom. The van der Waals surface area contributed by atoms with Crippen LogP contribution in [0.25, 0.3) is 10.6 Å². The molecule has 0 radical (unpaired) electrons. The lowest BCUT2D eigenvalue weighted by Gasteiger charge is -2.09. The normalized spacial score (nSPS) is 13.8. The van der Waals surface area contributed by atoms with Gasteiger partial charge >= 0.3 is 0 Å². The fourth-order valence-corrected chi connectivity index (χ4v) is 5.52. The minimum atomic E-state index is -3.50. The van der Waals surface area contributed by atoms with Crippen molar-refractivity contribution >= 4 is 33.0 Å². The van der Waals surface area contributed by atoms with Crippen molar-refractivity contribution in [1.82, 2.24) is 15.1 Å². The molecule has 2 aromatic carbocycles. The van der Waals surface area contributed by atoms with Crippen LogP contribution in [-0.2, 0) is 10.0 Å². The third kappa shape index (κ3) is 4.95. The highest BCUT2D eigenvalue weighted by molar-refractivity contribution is 7.89. The van der Waals surface area contributed by atoms with Gasteiger partial charge in [0.1, 0.15) is 9.88 Å². The second kappa shape index (κ2) is 8.41. The number of carbonyl (C=O) groups is 1. The molecule has 1 heterocycles. The summed E-state index contributed by atoms with van der Waals surface area (Å²) in [6.07, 6.45) is 1.76. The highest BCUT2D eigenvalue weighted by Gasteiger charge is 2.27. The molecule has 0 unspecified atom stereocenters. The lowest BCUT2D eigenvalue weighted by atomic mass is 10.1. The van der Waals surface area contributed by atoms with E-state index in [1.54, 1.807) is 12.1 Å². The summed E-state index contributed by atoms with van der Waals surface area (Å²) in [7, 11) is -3.50. The fraction of sp³-hybridized carbons (Fsp3) is 0.273. The molecule has 0 spiro atoms. The van der Waals surface area contributed by atoms with Crippen molar-refractivity contribution in [2.45, 2.75) is 44.6 Å². The number of benzene rings is 2. The number of amides is 1. The van der Waals surface area contributed by atoms with Gasteiger partial charge < -0.3 is 0 Å². The van der Waals surface area contributed by atoms with Gasteiger partial charge in [0.15, 0.2) is 0 Å². The van der Waals surface area contributed by atoms with Gasteiger partial charge in [0.25, 0.3) is 5.91 Å². The van der Waals surface area contributed by atoms with E-state index in [9.17, 15) is 13.2 Å². The molecule has 7 nitrogen and oxygen atoms in total. The topological polar surface area (TPSA) is 100 Å². The monoisotopic (exact) mass is 456 g/mol. The van der Waals surface area contributed by atoms with Crippen LogP contribution in [0.3, 0.4) is 0 Å². The first-order chi connectivity index (χ1) is 14.7. The highest BCUT2D eigenvalue weighted by Crippen LogP contribution is 2.30. The number of hydrogen-bond acceptors (Lipinski definition) is 6. The number of carbonyl (C=O) groups excluding carboxylic acids is 1. The molecule has 1 fully saturated rings. The summed E-state index contributed by atoms with van der Waals surface area (Å²) < 4.78 is 27.1. The summed E-state index contributed by atoms with van der Waals surface area (Å²) in [4.78, 5) is 18.0. The number of anilines is 1. The first-order valence-corrected chi connectivity index (χ1v) is 12.3. The van der Waals surface area contributed by atoms with Gasteiger partial charge in [-0.3, -0.25) is 15.6 Å².